The van der Waals surface area contributed by atoms with E-state index < -0.39 is 15.6 Å². The van der Waals surface area contributed by atoms with Gasteiger partial charge < -0.3 is 4.74 Å². The third-order valence-electron chi connectivity index (χ3n) is 1.27. The van der Waals surface area contributed by atoms with Gasteiger partial charge in [-0.05, 0) is 12.1 Å². The van der Waals surface area contributed by atoms with Gasteiger partial charge in [-0.2, -0.15) is 21.6 Å². The summed E-state index contributed by atoms with van der Waals surface area (Å²) in [6.45, 7) is 0. The first-order valence-corrected chi connectivity index (χ1v) is 5.25. The van der Waals surface area contributed by atoms with E-state index in [4.69, 9.17) is 17.7 Å². The fourth-order valence-corrected chi connectivity index (χ4v) is 0.557. The average molecular weight is 258 g/mol. The highest BCUT2D eigenvalue weighted by Gasteiger charge is 2.44. The van der Waals surface area contributed by atoms with Crippen LogP contribution >= 0.6 is 0 Å². The van der Waals surface area contributed by atoms with E-state index in [-0.39, 0.29) is 0 Å². The molecule has 92 valence electrons. The summed E-state index contributed by atoms with van der Waals surface area (Å²) in [5.41, 5.74) is -5.53. The number of halogens is 3. The molecule has 0 spiro atoms. The first-order valence-electron chi connectivity index (χ1n) is 3.81. The van der Waals surface area contributed by atoms with Gasteiger partial charge in [0.05, 0.1) is 7.11 Å². The largest absolute Gasteiger partial charge is 0.522 e. The van der Waals surface area contributed by atoms with Crippen LogP contribution in [0.3, 0.4) is 0 Å². The summed E-state index contributed by atoms with van der Waals surface area (Å²) >= 11 is 0. The van der Waals surface area contributed by atoms with E-state index in [0.29, 0.717) is 0 Å². The van der Waals surface area contributed by atoms with Gasteiger partial charge in [0, 0.05) is 0 Å². The number of methoxy groups -OCH3 is 1. The molecule has 0 atom stereocenters. The van der Waals surface area contributed by atoms with Crippen LogP contribution in [-0.4, -0.2) is 25.6 Å². The second-order valence-electron chi connectivity index (χ2n) is 2.44. The molecule has 1 aromatic rings. The van der Waals surface area contributed by atoms with Gasteiger partial charge >= 0.3 is 15.6 Å². The molecule has 8 heteroatoms. The Morgan fingerprint density at radius 2 is 1.56 bits per heavy atom. The summed E-state index contributed by atoms with van der Waals surface area (Å²) in [6, 6.07) is 9.68. The van der Waals surface area contributed by atoms with Gasteiger partial charge in [0.2, 0.25) is 0 Å². The Hall–Kier alpha value is -1.28. The molecule has 0 saturated heterocycles. The molecule has 0 heterocycles. The second-order valence-corrected chi connectivity index (χ2v) is 3.85. The molecular weight excluding hydrogens is 249 g/mol. The highest BCUT2D eigenvalue weighted by molar-refractivity contribution is 7.86. The minimum absolute atomic E-state index is 0.910. The van der Waals surface area contributed by atoms with Crippen molar-refractivity contribution in [2.75, 3.05) is 7.11 Å². The van der Waals surface area contributed by atoms with Crippen LogP contribution in [0, 0.1) is 0 Å². The lowest BCUT2D eigenvalue weighted by Gasteiger charge is -1.97. The van der Waals surface area contributed by atoms with Gasteiger partial charge in [0.15, 0.2) is 0 Å². The topological polar surface area (TPSA) is 63.6 Å². The molecule has 1 rings (SSSR count). The molecule has 0 aliphatic rings. The minimum atomic E-state index is -5.84. The summed E-state index contributed by atoms with van der Waals surface area (Å²) in [4.78, 5) is 0. The third kappa shape index (κ3) is 5.56. The van der Waals surface area contributed by atoms with Crippen LogP contribution in [-0.2, 0) is 10.1 Å². The van der Waals surface area contributed by atoms with Gasteiger partial charge in [-0.1, -0.05) is 18.2 Å². The first-order chi connectivity index (χ1) is 7.18. The van der Waals surface area contributed by atoms with Crippen LogP contribution in [0.2, 0.25) is 0 Å². The van der Waals surface area contributed by atoms with E-state index in [1.165, 1.54) is 0 Å². The van der Waals surface area contributed by atoms with Crippen LogP contribution in [0.1, 0.15) is 0 Å². The van der Waals surface area contributed by atoms with Crippen LogP contribution < -0.4 is 4.74 Å². The maximum Gasteiger partial charge on any atom is 0.522 e. The predicted octanol–water partition coefficient (Wildman–Crippen LogP) is 2.09. The van der Waals surface area contributed by atoms with Gasteiger partial charge in [-0.3, -0.25) is 4.55 Å². The van der Waals surface area contributed by atoms with Crippen molar-refractivity contribution in [1.82, 2.24) is 0 Å². The highest BCUT2D eigenvalue weighted by Crippen LogP contribution is 2.20. The maximum absolute atomic E-state index is 10.7. The molecule has 1 N–H and O–H groups in total. The highest BCUT2D eigenvalue weighted by atomic mass is 32.2. The summed E-state index contributed by atoms with van der Waals surface area (Å²) < 4.78 is 62.5. The van der Waals surface area contributed by atoms with E-state index >= 15 is 0 Å². The fraction of sp³-hybridized carbons (Fsp3) is 0.250. The first kappa shape index (κ1) is 14.7. The van der Waals surface area contributed by atoms with Crippen LogP contribution in [0.25, 0.3) is 0 Å². The number of para-hydroxylation sites is 1. The Balaban J connectivity index is 0.000000281. The normalized spacial score (nSPS) is 11.3. The van der Waals surface area contributed by atoms with E-state index in [9.17, 15) is 13.2 Å². The summed E-state index contributed by atoms with van der Waals surface area (Å²) in [7, 11) is -4.18. The van der Waals surface area contributed by atoms with E-state index in [2.05, 4.69) is 0 Å². The van der Waals surface area contributed by atoms with E-state index in [1.807, 2.05) is 30.3 Å². The van der Waals surface area contributed by atoms with Gasteiger partial charge in [-0.15, -0.1) is 0 Å². The Morgan fingerprint density at radius 3 is 1.75 bits per heavy atom. The molecule has 1 aromatic carbocycles. The lowest BCUT2D eigenvalue weighted by atomic mass is 10.3. The number of benzene rings is 1. The molecule has 0 amide bonds. The molecule has 0 bridgehead atoms. The van der Waals surface area contributed by atoms with Crippen LogP contribution in [0.15, 0.2) is 30.3 Å². The second kappa shape index (κ2) is 5.71. The number of ether oxygens (including phenoxy) is 1. The SMILES string of the molecule is COc1ccccc1.O=S(=O)(O)C(F)(F)F. The fourth-order valence-electron chi connectivity index (χ4n) is 0.557. The molecule has 0 saturated carbocycles. The zero-order chi connectivity index (χ0) is 12.8. The maximum atomic E-state index is 10.7. The predicted molar refractivity (Wildman–Crippen MR) is 50.6 cm³/mol. The minimum Gasteiger partial charge on any atom is -0.497 e. The zero-order valence-electron chi connectivity index (χ0n) is 8.10. The van der Waals surface area contributed by atoms with E-state index in [0.717, 1.165) is 5.75 Å². The standard InChI is InChI=1S/C7H8O.CHF3O3S/c1-8-7-5-3-2-4-6-7;2-1(3,4)8(5,6)7/h2-6H,1H3;(H,5,6,7). The van der Waals surface area contributed by atoms with Crippen molar-refractivity contribution in [3.05, 3.63) is 30.3 Å². The van der Waals surface area contributed by atoms with Gasteiger partial charge in [0.25, 0.3) is 0 Å². The molecule has 0 fully saturated rings. The van der Waals surface area contributed by atoms with Crippen molar-refractivity contribution in [2.24, 2.45) is 0 Å². The Bertz CT molecular complexity index is 399. The van der Waals surface area contributed by atoms with Crippen molar-refractivity contribution in [3.63, 3.8) is 0 Å². The van der Waals surface area contributed by atoms with Crippen molar-refractivity contribution in [2.45, 2.75) is 5.51 Å². The summed E-state index contributed by atoms with van der Waals surface area (Å²) in [6.07, 6.45) is 0. The molecule has 0 radical (unpaired) electrons. The van der Waals surface area contributed by atoms with E-state index in [1.54, 1.807) is 7.11 Å². The monoisotopic (exact) mass is 258 g/mol. The van der Waals surface area contributed by atoms with Gasteiger partial charge in [-0.25, -0.2) is 0 Å². The van der Waals surface area contributed by atoms with Crippen molar-refractivity contribution in [1.29, 1.82) is 0 Å². The molecule has 16 heavy (non-hydrogen) atoms. The van der Waals surface area contributed by atoms with Crippen LogP contribution in [0.4, 0.5) is 13.2 Å². The summed E-state index contributed by atoms with van der Waals surface area (Å²) in [5, 5.41) is 0. The van der Waals surface area contributed by atoms with Crippen LogP contribution in [0.5, 0.6) is 5.75 Å². The Labute approximate surface area is 90.4 Å². The number of alkyl halides is 3. The number of rotatable bonds is 1. The lowest BCUT2D eigenvalue weighted by Crippen LogP contribution is -2.21. The molecule has 0 aliphatic carbocycles. The zero-order valence-corrected chi connectivity index (χ0v) is 8.92. The quantitative estimate of drug-likeness (QED) is 0.618. The van der Waals surface area contributed by atoms with Crippen molar-refractivity contribution in [3.8, 4) is 5.75 Å². The number of hydrogen-bond acceptors (Lipinski definition) is 3. The molecule has 0 aromatic heterocycles. The lowest BCUT2D eigenvalue weighted by molar-refractivity contribution is -0.0510. The Kier molecular flexibility index (Phi) is 5.25. The summed E-state index contributed by atoms with van der Waals surface area (Å²) in [5.74, 6) is 0.910. The third-order valence-corrected chi connectivity index (χ3v) is 1.86. The average Bonchev–Trinajstić information content (AvgIpc) is 2.17. The smallest absolute Gasteiger partial charge is 0.497 e. The van der Waals surface area contributed by atoms with Gasteiger partial charge in [0.1, 0.15) is 5.75 Å². The Morgan fingerprint density at radius 1 is 1.19 bits per heavy atom. The molecule has 0 unspecified atom stereocenters. The molecule has 0 aliphatic heterocycles. The van der Waals surface area contributed by atoms with Crippen molar-refractivity contribution >= 4 is 10.1 Å². The number of hydrogen-bond donors (Lipinski definition) is 1. The van der Waals surface area contributed by atoms with Crippen molar-refractivity contribution < 1.29 is 30.9 Å². The molecular formula is C8H9F3O4S. The molecule has 4 nitrogen and oxygen atoms in total.